The number of carbonyl (C=O) groups is 1. The van der Waals surface area contributed by atoms with E-state index >= 15 is 0 Å². The molecule has 8 heteroatoms. The average molecular weight is 454 g/mol. The normalized spacial score (nSPS) is 15.6. The van der Waals surface area contributed by atoms with Crippen LogP contribution in [0.1, 0.15) is 30.0 Å². The van der Waals surface area contributed by atoms with Gasteiger partial charge in [-0.25, -0.2) is 17.9 Å². The highest BCUT2D eigenvalue weighted by molar-refractivity contribution is 7.89. The molecule has 1 unspecified atom stereocenters. The molecule has 0 aliphatic heterocycles. The Hall–Kier alpha value is -3.36. The Morgan fingerprint density at radius 1 is 1.00 bits per heavy atom. The Labute approximate surface area is 186 Å². The number of carboxylic acid groups (broad SMARTS) is 1. The topological polar surface area (TPSA) is 102 Å². The number of nitrogens with one attached hydrogen (secondary N) is 1. The molecule has 3 aromatic carbocycles. The Morgan fingerprint density at radius 3 is 2.53 bits per heavy atom. The van der Waals surface area contributed by atoms with Crippen LogP contribution in [-0.4, -0.2) is 26.1 Å². The number of para-hydroxylation sites is 1. The van der Waals surface area contributed by atoms with Crippen molar-refractivity contribution in [3.63, 3.8) is 0 Å². The third-order valence-corrected chi connectivity index (χ3v) is 6.68. The largest absolute Gasteiger partial charge is 0.482 e. The molecule has 0 aromatic heterocycles. The number of fused-ring (bicyclic) bond motifs is 1. The van der Waals surface area contributed by atoms with Gasteiger partial charge in [-0.1, -0.05) is 36.4 Å². The highest BCUT2D eigenvalue weighted by Gasteiger charge is 2.28. The Bertz CT molecular complexity index is 1210. The fraction of sp³-hybridized carbons (Fsp3) is 0.208. The van der Waals surface area contributed by atoms with Gasteiger partial charge in [0.1, 0.15) is 17.2 Å². The van der Waals surface area contributed by atoms with Crippen molar-refractivity contribution in [1.82, 2.24) is 4.72 Å². The van der Waals surface area contributed by atoms with Crippen molar-refractivity contribution in [2.45, 2.75) is 30.2 Å². The van der Waals surface area contributed by atoms with Crippen LogP contribution in [0.3, 0.4) is 0 Å². The number of carboxylic acids is 1. The van der Waals surface area contributed by atoms with Crippen LogP contribution in [0.25, 0.3) is 0 Å². The molecular formula is C24H23NO6S. The van der Waals surface area contributed by atoms with Gasteiger partial charge in [-0.15, -0.1) is 0 Å². The molecule has 7 nitrogen and oxygen atoms in total. The summed E-state index contributed by atoms with van der Waals surface area (Å²) in [7, 11) is -3.82. The third-order valence-electron chi connectivity index (χ3n) is 5.21. The summed E-state index contributed by atoms with van der Waals surface area (Å²) in [6, 6.07) is 20.4. The molecule has 0 spiro atoms. The minimum atomic E-state index is -3.82. The predicted octanol–water partition coefficient (Wildman–Crippen LogP) is 4.30. The minimum absolute atomic E-state index is 0.108. The molecule has 1 atom stereocenters. The lowest BCUT2D eigenvalue weighted by molar-refractivity contribution is -0.139. The second kappa shape index (κ2) is 9.42. The molecule has 0 bridgehead atoms. The van der Waals surface area contributed by atoms with Crippen LogP contribution >= 0.6 is 0 Å². The fourth-order valence-electron chi connectivity index (χ4n) is 3.80. The Kier molecular flexibility index (Phi) is 6.43. The molecular weight excluding hydrogens is 430 g/mol. The van der Waals surface area contributed by atoms with Crippen molar-refractivity contribution in [2.24, 2.45) is 0 Å². The maximum atomic E-state index is 13.1. The summed E-state index contributed by atoms with van der Waals surface area (Å²) in [5, 5.41) is 8.90. The van der Waals surface area contributed by atoms with Gasteiger partial charge in [0.2, 0.25) is 10.0 Å². The number of aliphatic carboxylic acids is 1. The lowest BCUT2D eigenvalue weighted by Gasteiger charge is -2.27. The molecule has 0 saturated heterocycles. The van der Waals surface area contributed by atoms with E-state index in [1.54, 1.807) is 36.4 Å². The van der Waals surface area contributed by atoms with E-state index in [4.69, 9.17) is 14.6 Å². The molecule has 0 radical (unpaired) electrons. The van der Waals surface area contributed by atoms with Gasteiger partial charge < -0.3 is 14.6 Å². The maximum Gasteiger partial charge on any atom is 0.341 e. The van der Waals surface area contributed by atoms with E-state index in [2.05, 4.69) is 4.72 Å². The number of rotatable bonds is 8. The molecule has 166 valence electrons. The van der Waals surface area contributed by atoms with Crippen LogP contribution in [0.2, 0.25) is 0 Å². The van der Waals surface area contributed by atoms with Crippen molar-refractivity contribution >= 4 is 16.0 Å². The van der Waals surface area contributed by atoms with Crippen LogP contribution < -0.4 is 14.2 Å². The molecule has 1 aliphatic carbocycles. The molecule has 0 saturated carbocycles. The Balaban J connectivity index is 1.55. The van der Waals surface area contributed by atoms with Gasteiger partial charge in [-0.05, 0) is 60.7 Å². The van der Waals surface area contributed by atoms with Crippen molar-refractivity contribution in [2.75, 3.05) is 6.61 Å². The zero-order valence-electron chi connectivity index (χ0n) is 17.2. The molecule has 32 heavy (non-hydrogen) atoms. The first kappa shape index (κ1) is 21.9. The van der Waals surface area contributed by atoms with Crippen LogP contribution in [0, 0.1) is 0 Å². The second-order valence-electron chi connectivity index (χ2n) is 7.46. The van der Waals surface area contributed by atoms with E-state index in [1.165, 1.54) is 12.1 Å². The minimum Gasteiger partial charge on any atom is -0.482 e. The highest BCUT2D eigenvalue weighted by Crippen LogP contribution is 2.36. The number of sulfonamides is 1. The van der Waals surface area contributed by atoms with Crippen LogP contribution in [-0.2, 0) is 21.2 Å². The molecule has 2 N–H and O–H groups in total. The first-order valence-electron chi connectivity index (χ1n) is 10.2. The van der Waals surface area contributed by atoms with Gasteiger partial charge in [0.15, 0.2) is 6.61 Å². The summed E-state index contributed by atoms with van der Waals surface area (Å²) in [6.07, 6.45) is 2.09. The zero-order chi connectivity index (χ0) is 22.6. The number of ether oxygens (including phenoxy) is 2. The van der Waals surface area contributed by atoms with E-state index in [9.17, 15) is 13.2 Å². The standard InChI is InChI=1S/C24H23NO6S/c26-24(27)16-30-23-14-6-11-20-21(23)12-5-13-22(20)25-32(28,29)19-10-4-9-18(15-19)31-17-7-2-1-3-8-17/h1-4,6-11,14-15,22,25H,5,12-13,16H2,(H,26,27). The van der Waals surface area contributed by atoms with Gasteiger partial charge in [-0.3, -0.25) is 0 Å². The smallest absolute Gasteiger partial charge is 0.341 e. The van der Waals surface area contributed by atoms with Gasteiger partial charge in [-0.2, -0.15) is 0 Å². The summed E-state index contributed by atoms with van der Waals surface area (Å²) < 4.78 is 40.2. The predicted molar refractivity (Wildman–Crippen MR) is 119 cm³/mol. The van der Waals surface area contributed by atoms with Crippen molar-refractivity contribution < 1.29 is 27.8 Å². The average Bonchev–Trinajstić information content (AvgIpc) is 2.78. The van der Waals surface area contributed by atoms with Crippen LogP contribution in [0.15, 0.2) is 77.7 Å². The summed E-state index contributed by atoms with van der Waals surface area (Å²) >= 11 is 0. The van der Waals surface area contributed by atoms with E-state index in [0.717, 1.165) is 17.5 Å². The number of hydrogen-bond donors (Lipinski definition) is 2. The highest BCUT2D eigenvalue weighted by atomic mass is 32.2. The van der Waals surface area contributed by atoms with Crippen molar-refractivity contribution in [3.05, 3.63) is 83.9 Å². The van der Waals surface area contributed by atoms with Crippen molar-refractivity contribution in [3.8, 4) is 17.2 Å². The van der Waals surface area contributed by atoms with Crippen molar-refractivity contribution in [1.29, 1.82) is 0 Å². The Morgan fingerprint density at radius 2 is 1.75 bits per heavy atom. The SMILES string of the molecule is O=C(O)COc1cccc2c1CCCC2NS(=O)(=O)c1cccc(Oc2ccccc2)c1. The monoisotopic (exact) mass is 453 g/mol. The van der Waals surface area contributed by atoms with E-state index in [0.29, 0.717) is 30.1 Å². The number of benzene rings is 3. The fourth-order valence-corrected chi connectivity index (χ4v) is 5.08. The van der Waals surface area contributed by atoms with E-state index in [1.807, 2.05) is 24.3 Å². The molecule has 3 aromatic rings. The quantitative estimate of drug-likeness (QED) is 0.527. The van der Waals surface area contributed by atoms with E-state index in [-0.39, 0.29) is 4.90 Å². The van der Waals surface area contributed by atoms with Gasteiger partial charge >= 0.3 is 5.97 Å². The van der Waals surface area contributed by atoms with Gasteiger partial charge in [0.25, 0.3) is 0 Å². The van der Waals surface area contributed by atoms with Gasteiger partial charge in [0.05, 0.1) is 4.90 Å². The molecule has 0 amide bonds. The number of hydrogen-bond acceptors (Lipinski definition) is 5. The molecule has 1 aliphatic rings. The first-order chi connectivity index (χ1) is 15.4. The third kappa shape index (κ3) is 5.09. The summed E-state index contributed by atoms with van der Waals surface area (Å²) in [6.45, 7) is -0.443. The maximum absolute atomic E-state index is 13.1. The van der Waals surface area contributed by atoms with Gasteiger partial charge in [0, 0.05) is 12.1 Å². The second-order valence-corrected chi connectivity index (χ2v) is 9.18. The van der Waals surface area contributed by atoms with Crippen LogP contribution in [0.4, 0.5) is 0 Å². The summed E-state index contributed by atoms with van der Waals surface area (Å²) in [5.41, 5.74) is 1.65. The summed E-state index contributed by atoms with van der Waals surface area (Å²) in [5.74, 6) is 0.456. The molecule has 0 fully saturated rings. The molecule has 4 rings (SSSR count). The lowest BCUT2D eigenvalue weighted by Crippen LogP contribution is -2.31. The van der Waals surface area contributed by atoms with E-state index < -0.39 is 28.6 Å². The first-order valence-corrected chi connectivity index (χ1v) is 11.7. The van der Waals surface area contributed by atoms with Crippen LogP contribution in [0.5, 0.6) is 17.2 Å². The zero-order valence-corrected chi connectivity index (χ0v) is 18.0. The lowest BCUT2D eigenvalue weighted by atomic mass is 9.87. The summed E-state index contributed by atoms with van der Waals surface area (Å²) in [4.78, 5) is 11.0. The molecule has 0 heterocycles.